The van der Waals surface area contributed by atoms with Gasteiger partial charge in [-0.05, 0) is 35.7 Å². The van der Waals surface area contributed by atoms with E-state index in [1.165, 1.54) is 0 Å². The summed E-state index contributed by atoms with van der Waals surface area (Å²) in [5.74, 6) is 0.125. The van der Waals surface area contributed by atoms with Crippen molar-refractivity contribution in [2.24, 2.45) is 0 Å². The van der Waals surface area contributed by atoms with Crippen LogP contribution in [0.1, 0.15) is 24.0 Å². The molecule has 1 aromatic heterocycles. The van der Waals surface area contributed by atoms with Crippen LogP contribution >= 0.6 is 34.7 Å². The average molecular weight is 419 g/mol. The number of ether oxygens (including phenoxy) is 1. The van der Waals surface area contributed by atoms with Crippen LogP contribution in [-0.4, -0.2) is 29.5 Å². The summed E-state index contributed by atoms with van der Waals surface area (Å²) in [6, 6.07) is 11.6. The Labute approximate surface area is 170 Å². The van der Waals surface area contributed by atoms with Gasteiger partial charge in [0.25, 0.3) is 0 Å². The predicted molar refractivity (Wildman–Crippen MR) is 116 cm³/mol. The average Bonchev–Trinajstić information content (AvgIpc) is 2.69. The van der Waals surface area contributed by atoms with Gasteiger partial charge in [-0.15, -0.1) is 34.7 Å². The molecule has 0 radical (unpaired) electrons. The van der Waals surface area contributed by atoms with Crippen LogP contribution in [-0.2, 0) is 16.0 Å². The second-order valence-corrected chi connectivity index (χ2v) is 10.0. The Morgan fingerprint density at radius 1 is 1.26 bits per heavy atom. The minimum absolute atomic E-state index is 0.0292. The maximum atomic E-state index is 13.4. The highest BCUT2D eigenvalue weighted by molar-refractivity contribution is 8.02. The Balaban J connectivity index is 2.06. The first kappa shape index (κ1) is 18.9. The first-order valence-electron chi connectivity index (χ1n) is 8.92. The molecule has 27 heavy (non-hydrogen) atoms. The van der Waals surface area contributed by atoms with Crippen LogP contribution in [0.5, 0.6) is 0 Å². The molecule has 0 N–H and O–H groups in total. The minimum atomic E-state index is -0.888. The summed E-state index contributed by atoms with van der Waals surface area (Å²) < 4.78 is 6.54. The van der Waals surface area contributed by atoms with Crippen molar-refractivity contribution in [2.75, 3.05) is 19.0 Å². The maximum Gasteiger partial charge on any atom is 0.196 e. The Morgan fingerprint density at radius 3 is 2.78 bits per heavy atom. The lowest BCUT2D eigenvalue weighted by Gasteiger charge is -2.36. The van der Waals surface area contributed by atoms with Crippen molar-refractivity contribution in [2.45, 2.75) is 23.5 Å². The number of aryl methyl sites for hydroxylation is 1. The standard InChI is InChI=1S/C21H19ClO3S2/c1-2-13-7-8-17-19(20(24)14-5-3-4-6-16(14)27-17)18(13)15(11-23)21(22)12-25-9-10-26-21/h3-8,11,15H,2,9-10,12H2,1H3. The number of benzene rings is 2. The number of alkyl halides is 1. The lowest BCUT2D eigenvalue weighted by atomic mass is 9.88. The van der Waals surface area contributed by atoms with Gasteiger partial charge in [-0.1, -0.05) is 25.1 Å². The fourth-order valence-corrected chi connectivity index (χ4v) is 6.33. The van der Waals surface area contributed by atoms with Crippen LogP contribution in [0.15, 0.2) is 41.2 Å². The Kier molecular flexibility index (Phi) is 5.30. The molecule has 1 fully saturated rings. The van der Waals surface area contributed by atoms with E-state index < -0.39 is 10.1 Å². The van der Waals surface area contributed by atoms with Gasteiger partial charge >= 0.3 is 0 Å². The highest BCUT2D eigenvalue weighted by Crippen LogP contribution is 2.47. The molecule has 2 heterocycles. The van der Waals surface area contributed by atoms with Gasteiger partial charge in [-0.25, -0.2) is 0 Å². The first-order valence-corrected chi connectivity index (χ1v) is 11.1. The third kappa shape index (κ3) is 3.21. The van der Waals surface area contributed by atoms with Gasteiger partial charge in [0.05, 0.1) is 19.1 Å². The lowest BCUT2D eigenvalue weighted by molar-refractivity contribution is -0.109. The molecule has 140 valence electrons. The zero-order valence-corrected chi connectivity index (χ0v) is 17.3. The van der Waals surface area contributed by atoms with E-state index in [2.05, 4.69) is 0 Å². The van der Waals surface area contributed by atoms with Crippen LogP contribution in [0.2, 0.25) is 0 Å². The predicted octanol–water partition coefficient (Wildman–Crippen LogP) is 4.96. The van der Waals surface area contributed by atoms with E-state index in [0.717, 1.165) is 39.0 Å². The van der Waals surface area contributed by atoms with Crippen LogP contribution in [0.4, 0.5) is 0 Å². The third-order valence-electron chi connectivity index (χ3n) is 5.04. The first-order chi connectivity index (χ1) is 13.1. The molecule has 0 saturated carbocycles. The molecule has 0 amide bonds. The van der Waals surface area contributed by atoms with E-state index in [1.807, 2.05) is 43.3 Å². The second kappa shape index (κ2) is 7.55. The number of hydrogen-bond acceptors (Lipinski definition) is 5. The number of aldehydes is 1. The second-order valence-electron chi connectivity index (χ2n) is 6.59. The van der Waals surface area contributed by atoms with Crippen molar-refractivity contribution in [1.82, 2.24) is 0 Å². The molecule has 2 aromatic carbocycles. The summed E-state index contributed by atoms with van der Waals surface area (Å²) in [5, 5.41) is 1.31. The van der Waals surface area contributed by atoms with Gasteiger partial charge in [0, 0.05) is 25.9 Å². The van der Waals surface area contributed by atoms with Gasteiger partial charge < -0.3 is 9.53 Å². The number of thioether (sulfide) groups is 1. The molecular formula is C21H19ClO3S2. The summed E-state index contributed by atoms with van der Waals surface area (Å²) in [5.41, 5.74) is 1.73. The zero-order valence-electron chi connectivity index (χ0n) is 14.9. The van der Waals surface area contributed by atoms with Crippen LogP contribution in [0, 0.1) is 0 Å². The molecule has 3 nitrogen and oxygen atoms in total. The van der Waals surface area contributed by atoms with E-state index in [0.29, 0.717) is 17.4 Å². The molecule has 1 saturated heterocycles. The Bertz CT molecular complexity index is 1070. The normalized spacial score (nSPS) is 21.4. The lowest BCUT2D eigenvalue weighted by Crippen LogP contribution is -2.38. The molecule has 1 aliphatic rings. The fraction of sp³-hybridized carbons (Fsp3) is 0.333. The molecule has 3 aromatic rings. The topological polar surface area (TPSA) is 43.4 Å². The third-order valence-corrected chi connectivity index (χ3v) is 8.07. The molecule has 1 aliphatic heterocycles. The summed E-state index contributed by atoms with van der Waals surface area (Å²) >= 11 is 10.00. The Morgan fingerprint density at radius 2 is 2.07 bits per heavy atom. The highest BCUT2D eigenvalue weighted by atomic mass is 35.5. The summed E-state index contributed by atoms with van der Waals surface area (Å²) in [6.45, 7) is 2.95. The van der Waals surface area contributed by atoms with E-state index in [4.69, 9.17) is 16.3 Å². The summed E-state index contributed by atoms with van der Waals surface area (Å²) in [6.07, 6.45) is 1.62. The monoisotopic (exact) mass is 418 g/mol. The molecule has 2 atom stereocenters. The zero-order chi connectivity index (χ0) is 19.0. The van der Waals surface area contributed by atoms with Crippen molar-refractivity contribution < 1.29 is 9.53 Å². The minimum Gasteiger partial charge on any atom is -0.378 e. The Hall–Kier alpha value is -1.40. The number of fused-ring (bicyclic) bond motifs is 2. The fourth-order valence-electron chi connectivity index (χ4n) is 3.71. The number of carbonyl (C=O) groups is 1. The van der Waals surface area contributed by atoms with Crippen molar-refractivity contribution in [3.05, 3.63) is 57.7 Å². The largest absolute Gasteiger partial charge is 0.378 e. The molecule has 0 spiro atoms. The summed E-state index contributed by atoms with van der Waals surface area (Å²) in [4.78, 5) is 25.6. The molecule has 4 rings (SSSR count). The smallest absolute Gasteiger partial charge is 0.196 e. The maximum absolute atomic E-state index is 13.4. The molecule has 0 aliphatic carbocycles. The van der Waals surface area contributed by atoms with Crippen LogP contribution < -0.4 is 5.43 Å². The molecule has 0 bridgehead atoms. The van der Waals surface area contributed by atoms with Crippen molar-refractivity contribution in [1.29, 1.82) is 0 Å². The van der Waals surface area contributed by atoms with E-state index in [9.17, 15) is 9.59 Å². The number of hydrogen-bond donors (Lipinski definition) is 0. The molecule has 2 unspecified atom stereocenters. The quantitative estimate of drug-likeness (QED) is 0.341. The van der Waals surface area contributed by atoms with Crippen LogP contribution in [0.25, 0.3) is 20.2 Å². The van der Waals surface area contributed by atoms with E-state index in [-0.39, 0.29) is 12.0 Å². The van der Waals surface area contributed by atoms with Crippen molar-refractivity contribution in [3.8, 4) is 0 Å². The molecule has 6 heteroatoms. The van der Waals surface area contributed by atoms with E-state index >= 15 is 0 Å². The number of halogens is 1. The van der Waals surface area contributed by atoms with Gasteiger partial charge in [0.1, 0.15) is 10.5 Å². The summed E-state index contributed by atoms with van der Waals surface area (Å²) in [7, 11) is 0. The number of carbonyl (C=O) groups excluding carboxylic acids is 1. The SMILES string of the molecule is CCc1ccc2sc3ccccc3c(=O)c2c1C(C=O)C1(Cl)COCCS1. The van der Waals surface area contributed by atoms with Crippen LogP contribution in [0.3, 0.4) is 0 Å². The number of rotatable bonds is 4. The van der Waals surface area contributed by atoms with Gasteiger partial charge in [-0.2, -0.15) is 0 Å². The van der Waals surface area contributed by atoms with Gasteiger partial charge in [-0.3, -0.25) is 4.79 Å². The van der Waals surface area contributed by atoms with Gasteiger partial charge in [0.15, 0.2) is 5.43 Å². The highest BCUT2D eigenvalue weighted by Gasteiger charge is 2.42. The molecular weight excluding hydrogens is 400 g/mol. The van der Waals surface area contributed by atoms with E-state index in [1.54, 1.807) is 23.1 Å². The van der Waals surface area contributed by atoms with Crippen molar-refractivity contribution >= 4 is 61.2 Å². The van der Waals surface area contributed by atoms with Crippen molar-refractivity contribution in [3.63, 3.8) is 0 Å². The van der Waals surface area contributed by atoms with Gasteiger partial charge in [0.2, 0.25) is 0 Å².